The van der Waals surface area contributed by atoms with Crippen LogP contribution in [0.3, 0.4) is 0 Å². The number of hydrogen-bond donors (Lipinski definition) is 0. The fraction of sp³-hybridized carbons (Fsp3) is 0.294. The third-order valence-corrected chi connectivity index (χ3v) is 3.80. The van der Waals surface area contributed by atoms with Crippen molar-refractivity contribution in [3.05, 3.63) is 60.2 Å². The number of ether oxygens (including phenoxy) is 1. The van der Waals surface area contributed by atoms with Crippen LogP contribution in [0, 0.1) is 5.92 Å². The summed E-state index contributed by atoms with van der Waals surface area (Å²) in [5.74, 6) is 2.43. The molecule has 1 unspecified atom stereocenters. The van der Waals surface area contributed by atoms with E-state index in [1.54, 1.807) is 0 Å². The molecule has 0 fully saturated rings. The monoisotopic (exact) mass is 318 g/mol. The zero-order chi connectivity index (χ0) is 13.7. The van der Waals surface area contributed by atoms with Gasteiger partial charge in [-0.2, -0.15) is 0 Å². The summed E-state index contributed by atoms with van der Waals surface area (Å²) in [4.78, 5) is 0.415. The van der Waals surface area contributed by atoms with Gasteiger partial charge in [0.25, 0.3) is 0 Å². The highest BCUT2D eigenvalue weighted by molar-refractivity contribution is 9.09. The van der Waals surface area contributed by atoms with Crippen LogP contribution in [0.1, 0.15) is 30.7 Å². The van der Waals surface area contributed by atoms with Crippen molar-refractivity contribution in [1.29, 1.82) is 0 Å². The number of alkyl halides is 1. The summed E-state index contributed by atoms with van der Waals surface area (Å²) in [5, 5.41) is 0. The Kier molecular flexibility index (Phi) is 5.03. The second-order valence-electron chi connectivity index (χ2n) is 5.08. The molecule has 2 rings (SSSR count). The average Bonchev–Trinajstić information content (AvgIpc) is 2.40. The lowest BCUT2D eigenvalue weighted by Crippen LogP contribution is -1.95. The number of benzene rings is 2. The van der Waals surface area contributed by atoms with E-state index in [1.807, 2.05) is 42.5 Å². The largest absolute Gasteiger partial charge is 0.457 e. The van der Waals surface area contributed by atoms with Crippen molar-refractivity contribution in [1.82, 2.24) is 0 Å². The summed E-state index contributed by atoms with van der Waals surface area (Å²) in [7, 11) is 0. The number of para-hydroxylation sites is 1. The molecule has 0 amide bonds. The Morgan fingerprint density at radius 1 is 0.895 bits per heavy atom. The van der Waals surface area contributed by atoms with Crippen molar-refractivity contribution in [3.63, 3.8) is 0 Å². The first-order valence-electron chi connectivity index (χ1n) is 6.62. The summed E-state index contributed by atoms with van der Waals surface area (Å²) in [6.07, 6.45) is 1.14. The summed E-state index contributed by atoms with van der Waals surface area (Å²) >= 11 is 3.74. The number of halogens is 1. The van der Waals surface area contributed by atoms with Gasteiger partial charge in [-0.05, 0) is 42.2 Å². The van der Waals surface area contributed by atoms with E-state index in [0.717, 1.165) is 17.9 Å². The highest BCUT2D eigenvalue weighted by Gasteiger charge is 2.09. The van der Waals surface area contributed by atoms with Crippen LogP contribution in [-0.4, -0.2) is 0 Å². The van der Waals surface area contributed by atoms with E-state index in [-0.39, 0.29) is 0 Å². The molecule has 1 atom stereocenters. The quantitative estimate of drug-likeness (QED) is 0.618. The normalized spacial score (nSPS) is 12.4. The van der Waals surface area contributed by atoms with E-state index in [4.69, 9.17) is 4.74 Å². The van der Waals surface area contributed by atoms with Gasteiger partial charge in [0.2, 0.25) is 0 Å². The van der Waals surface area contributed by atoms with Crippen molar-refractivity contribution in [2.24, 2.45) is 5.92 Å². The maximum Gasteiger partial charge on any atom is 0.127 e. The molecule has 0 saturated carbocycles. The predicted molar refractivity (Wildman–Crippen MR) is 84.1 cm³/mol. The maximum atomic E-state index is 5.78. The van der Waals surface area contributed by atoms with E-state index in [1.165, 1.54) is 5.56 Å². The summed E-state index contributed by atoms with van der Waals surface area (Å²) < 4.78 is 5.78. The van der Waals surface area contributed by atoms with Crippen molar-refractivity contribution in [2.45, 2.75) is 25.1 Å². The van der Waals surface area contributed by atoms with Crippen LogP contribution in [0.15, 0.2) is 54.6 Å². The molecule has 0 spiro atoms. The first kappa shape index (κ1) is 14.1. The van der Waals surface area contributed by atoms with Gasteiger partial charge in [0.05, 0.1) is 0 Å². The molecule has 0 saturated heterocycles. The lowest BCUT2D eigenvalue weighted by atomic mass is 10.0. The van der Waals surface area contributed by atoms with Crippen LogP contribution in [0.2, 0.25) is 0 Å². The van der Waals surface area contributed by atoms with Crippen LogP contribution in [-0.2, 0) is 0 Å². The van der Waals surface area contributed by atoms with E-state index in [0.29, 0.717) is 10.7 Å². The molecule has 0 aliphatic rings. The Balaban J connectivity index is 2.02. The molecule has 0 radical (unpaired) electrons. The number of rotatable bonds is 5. The third-order valence-electron chi connectivity index (χ3n) is 2.90. The molecule has 0 heterocycles. The van der Waals surface area contributed by atoms with Crippen molar-refractivity contribution in [2.75, 3.05) is 0 Å². The van der Waals surface area contributed by atoms with Gasteiger partial charge in [0.15, 0.2) is 0 Å². The molecule has 0 aliphatic heterocycles. The maximum absolute atomic E-state index is 5.78. The molecule has 2 heteroatoms. The van der Waals surface area contributed by atoms with Crippen LogP contribution in [0.25, 0.3) is 0 Å². The highest BCUT2D eigenvalue weighted by Crippen LogP contribution is 2.31. The summed E-state index contributed by atoms with van der Waals surface area (Å²) in [5.41, 5.74) is 1.30. The molecule has 0 aromatic heterocycles. The first-order valence-corrected chi connectivity index (χ1v) is 7.53. The molecule has 1 nitrogen and oxygen atoms in total. The lowest BCUT2D eigenvalue weighted by Gasteiger charge is -2.13. The smallest absolute Gasteiger partial charge is 0.127 e. The Labute approximate surface area is 123 Å². The van der Waals surface area contributed by atoms with E-state index >= 15 is 0 Å². The Morgan fingerprint density at radius 3 is 2.05 bits per heavy atom. The van der Waals surface area contributed by atoms with Crippen molar-refractivity contribution >= 4 is 15.9 Å². The van der Waals surface area contributed by atoms with E-state index < -0.39 is 0 Å². The van der Waals surface area contributed by atoms with E-state index in [2.05, 4.69) is 41.9 Å². The van der Waals surface area contributed by atoms with Gasteiger partial charge in [-0.25, -0.2) is 0 Å². The van der Waals surface area contributed by atoms with Gasteiger partial charge in [0, 0.05) is 4.83 Å². The average molecular weight is 319 g/mol. The molecule has 2 aromatic rings. The lowest BCUT2D eigenvalue weighted by molar-refractivity contribution is 0.482. The standard InChI is InChI=1S/C17H19BrO/c1-13(2)12-17(18)14-8-10-16(11-9-14)19-15-6-4-3-5-7-15/h3-11,13,17H,12H2,1-2H3. The van der Waals surface area contributed by atoms with Gasteiger partial charge in [-0.15, -0.1) is 0 Å². The first-order chi connectivity index (χ1) is 9.15. The minimum atomic E-state index is 0.415. The second kappa shape index (κ2) is 6.76. The van der Waals surface area contributed by atoms with Crippen LogP contribution in [0.5, 0.6) is 11.5 Å². The van der Waals surface area contributed by atoms with Gasteiger partial charge in [-0.1, -0.05) is 60.1 Å². The number of hydrogen-bond acceptors (Lipinski definition) is 1. The zero-order valence-electron chi connectivity index (χ0n) is 11.3. The summed E-state index contributed by atoms with van der Waals surface area (Å²) in [6, 6.07) is 18.1. The topological polar surface area (TPSA) is 9.23 Å². The molecular formula is C17H19BrO. The second-order valence-corrected chi connectivity index (χ2v) is 6.19. The minimum absolute atomic E-state index is 0.415. The molecule has 100 valence electrons. The Hall–Kier alpha value is -1.28. The third kappa shape index (κ3) is 4.39. The highest BCUT2D eigenvalue weighted by atomic mass is 79.9. The Morgan fingerprint density at radius 2 is 1.47 bits per heavy atom. The predicted octanol–water partition coefficient (Wildman–Crippen LogP) is 5.96. The molecule has 0 bridgehead atoms. The molecule has 0 aliphatic carbocycles. The molecule has 2 aromatic carbocycles. The fourth-order valence-electron chi connectivity index (χ4n) is 1.92. The molecule has 19 heavy (non-hydrogen) atoms. The van der Waals surface area contributed by atoms with Gasteiger partial charge < -0.3 is 4.74 Å². The van der Waals surface area contributed by atoms with Crippen LogP contribution < -0.4 is 4.74 Å². The molecular weight excluding hydrogens is 300 g/mol. The van der Waals surface area contributed by atoms with Crippen LogP contribution >= 0.6 is 15.9 Å². The SMILES string of the molecule is CC(C)CC(Br)c1ccc(Oc2ccccc2)cc1. The van der Waals surface area contributed by atoms with Gasteiger partial charge >= 0.3 is 0 Å². The Bertz CT molecular complexity index is 490. The minimum Gasteiger partial charge on any atom is -0.457 e. The zero-order valence-corrected chi connectivity index (χ0v) is 12.9. The van der Waals surface area contributed by atoms with Crippen LogP contribution in [0.4, 0.5) is 0 Å². The van der Waals surface area contributed by atoms with Crippen molar-refractivity contribution in [3.8, 4) is 11.5 Å². The fourth-order valence-corrected chi connectivity index (χ4v) is 2.97. The van der Waals surface area contributed by atoms with Crippen molar-refractivity contribution < 1.29 is 4.74 Å². The van der Waals surface area contributed by atoms with E-state index in [9.17, 15) is 0 Å². The van der Waals surface area contributed by atoms with Gasteiger partial charge in [-0.3, -0.25) is 0 Å². The molecule has 0 N–H and O–H groups in total. The summed E-state index contributed by atoms with van der Waals surface area (Å²) in [6.45, 7) is 4.47. The van der Waals surface area contributed by atoms with Gasteiger partial charge in [0.1, 0.15) is 11.5 Å².